The van der Waals surface area contributed by atoms with Gasteiger partial charge >= 0.3 is 6.03 Å². The number of amides is 2. The fourth-order valence-electron chi connectivity index (χ4n) is 1.23. The Morgan fingerprint density at radius 1 is 1.28 bits per heavy atom. The molecule has 0 heterocycles. The summed E-state index contributed by atoms with van der Waals surface area (Å²) in [6.07, 6.45) is 1.62. The van der Waals surface area contributed by atoms with Crippen LogP contribution in [0.25, 0.3) is 0 Å². The topological polar surface area (TPSA) is 59.6 Å². The van der Waals surface area contributed by atoms with Gasteiger partial charge in [0.15, 0.2) is 0 Å². The average molecular weight is 250 g/mol. The summed E-state index contributed by atoms with van der Waals surface area (Å²) in [6, 6.07) is 7.04. The third kappa shape index (κ3) is 5.25. The van der Waals surface area contributed by atoms with E-state index in [0.717, 1.165) is 11.5 Å². The Morgan fingerprint density at radius 2 is 1.94 bits per heavy atom. The fourth-order valence-corrected chi connectivity index (χ4v) is 1.23. The van der Waals surface area contributed by atoms with Gasteiger partial charge in [0.05, 0.1) is 13.7 Å². The van der Waals surface area contributed by atoms with E-state index < -0.39 is 0 Å². The van der Waals surface area contributed by atoms with E-state index in [0.29, 0.717) is 19.7 Å². The van der Waals surface area contributed by atoms with Gasteiger partial charge in [-0.3, -0.25) is 0 Å². The molecule has 1 aromatic rings. The van der Waals surface area contributed by atoms with Gasteiger partial charge < -0.3 is 20.1 Å². The van der Waals surface area contributed by atoms with Crippen molar-refractivity contribution in [3.8, 4) is 11.5 Å². The van der Waals surface area contributed by atoms with Crippen LogP contribution in [0.4, 0.5) is 4.79 Å². The molecule has 0 bridgehead atoms. The number of rotatable bonds is 7. The number of nitrogens with one attached hydrogen (secondary N) is 2. The zero-order valence-corrected chi connectivity index (χ0v) is 10.4. The number of hydrogen-bond donors (Lipinski definition) is 2. The maximum atomic E-state index is 11.2. The normalized spacial score (nSPS) is 9.39. The summed E-state index contributed by atoms with van der Waals surface area (Å²) in [5.41, 5.74) is 0. The van der Waals surface area contributed by atoms with Crippen LogP contribution in [0.1, 0.15) is 0 Å². The number of carbonyl (C=O) groups excluding carboxylic acids is 1. The van der Waals surface area contributed by atoms with Gasteiger partial charge in [-0.15, -0.1) is 6.58 Å². The van der Waals surface area contributed by atoms with Gasteiger partial charge in [-0.2, -0.15) is 0 Å². The second-order valence-electron chi connectivity index (χ2n) is 3.45. The Kier molecular flexibility index (Phi) is 6.17. The van der Waals surface area contributed by atoms with E-state index in [2.05, 4.69) is 17.2 Å². The Bertz CT molecular complexity index is 376. The molecule has 0 fully saturated rings. The number of benzene rings is 1. The second-order valence-corrected chi connectivity index (χ2v) is 3.45. The first kappa shape index (κ1) is 13.9. The van der Waals surface area contributed by atoms with Crippen LogP contribution in [0.15, 0.2) is 36.9 Å². The third-order valence-corrected chi connectivity index (χ3v) is 2.12. The molecule has 0 aliphatic rings. The molecular weight excluding hydrogens is 232 g/mol. The third-order valence-electron chi connectivity index (χ3n) is 2.12. The molecule has 0 spiro atoms. The zero-order valence-electron chi connectivity index (χ0n) is 10.4. The molecule has 0 saturated heterocycles. The number of hydrogen-bond acceptors (Lipinski definition) is 3. The van der Waals surface area contributed by atoms with Gasteiger partial charge in [-0.05, 0) is 24.3 Å². The predicted octanol–water partition coefficient (Wildman–Crippen LogP) is 1.56. The molecule has 18 heavy (non-hydrogen) atoms. The van der Waals surface area contributed by atoms with Crippen molar-refractivity contribution in [1.82, 2.24) is 10.6 Å². The summed E-state index contributed by atoms with van der Waals surface area (Å²) in [5.74, 6) is 1.52. The predicted molar refractivity (Wildman–Crippen MR) is 70.1 cm³/mol. The maximum absolute atomic E-state index is 11.2. The Morgan fingerprint density at radius 3 is 2.56 bits per heavy atom. The molecule has 2 amide bonds. The molecule has 0 unspecified atom stereocenters. The highest BCUT2D eigenvalue weighted by atomic mass is 16.5. The van der Waals surface area contributed by atoms with Crippen molar-refractivity contribution in [2.45, 2.75) is 0 Å². The number of ether oxygens (including phenoxy) is 2. The molecule has 1 aromatic carbocycles. The molecular formula is C13H18N2O3. The fraction of sp³-hybridized carbons (Fsp3) is 0.308. The molecule has 0 aromatic heterocycles. The number of carbonyl (C=O) groups is 1. The van der Waals surface area contributed by atoms with E-state index in [1.54, 1.807) is 13.2 Å². The number of methoxy groups -OCH3 is 1. The molecule has 0 aliphatic carbocycles. The lowest BCUT2D eigenvalue weighted by molar-refractivity contribution is 0.237. The van der Waals surface area contributed by atoms with Gasteiger partial charge in [0.2, 0.25) is 0 Å². The van der Waals surface area contributed by atoms with Gasteiger partial charge in [0.1, 0.15) is 18.1 Å². The minimum atomic E-state index is -0.228. The lowest BCUT2D eigenvalue weighted by Gasteiger charge is -2.08. The van der Waals surface area contributed by atoms with E-state index in [9.17, 15) is 4.79 Å². The van der Waals surface area contributed by atoms with Crippen LogP contribution >= 0.6 is 0 Å². The monoisotopic (exact) mass is 250 g/mol. The molecule has 5 heteroatoms. The first-order valence-corrected chi connectivity index (χ1v) is 5.65. The van der Waals surface area contributed by atoms with Crippen LogP contribution in [0.3, 0.4) is 0 Å². The van der Waals surface area contributed by atoms with Crippen LogP contribution < -0.4 is 20.1 Å². The molecule has 0 radical (unpaired) electrons. The molecule has 0 aliphatic heterocycles. The van der Waals surface area contributed by atoms with Crippen molar-refractivity contribution in [3.05, 3.63) is 36.9 Å². The van der Waals surface area contributed by atoms with Gasteiger partial charge in [0.25, 0.3) is 0 Å². The lowest BCUT2D eigenvalue weighted by Crippen LogP contribution is -2.37. The van der Waals surface area contributed by atoms with Crippen molar-refractivity contribution in [1.29, 1.82) is 0 Å². The van der Waals surface area contributed by atoms with E-state index in [1.165, 1.54) is 0 Å². The standard InChI is InChI=1S/C13H18N2O3/c1-3-8-14-13(16)15-9-10-18-12-6-4-11(17-2)5-7-12/h3-7H,1,8-10H2,2H3,(H2,14,15,16). The SMILES string of the molecule is C=CCNC(=O)NCCOc1ccc(OC)cc1. The first-order chi connectivity index (χ1) is 8.76. The summed E-state index contributed by atoms with van der Waals surface area (Å²) in [5, 5.41) is 5.27. The van der Waals surface area contributed by atoms with Crippen molar-refractivity contribution in [3.63, 3.8) is 0 Å². The first-order valence-electron chi connectivity index (χ1n) is 5.65. The van der Waals surface area contributed by atoms with Crippen LogP contribution in [-0.4, -0.2) is 32.8 Å². The van der Waals surface area contributed by atoms with Crippen LogP contribution in [0, 0.1) is 0 Å². The lowest BCUT2D eigenvalue weighted by atomic mass is 10.3. The van der Waals surface area contributed by atoms with Crippen LogP contribution in [-0.2, 0) is 0 Å². The largest absolute Gasteiger partial charge is 0.497 e. The molecule has 2 N–H and O–H groups in total. The highest BCUT2D eigenvalue weighted by Gasteiger charge is 1.98. The molecule has 1 rings (SSSR count). The minimum absolute atomic E-state index is 0.228. The van der Waals surface area contributed by atoms with E-state index in [1.807, 2.05) is 24.3 Å². The van der Waals surface area contributed by atoms with Crippen molar-refractivity contribution in [2.24, 2.45) is 0 Å². The number of urea groups is 1. The molecule has 0 saturated carbocycles. The van der Waals surface area contributed by atoms with E-state index >= 15 is 0 Å². The van der Waals surface area contributed by atoms with Gasteiger partial charge in [-0.25, -0.2) is 4.79 Å². The van der Waals surface area contributed by atoms with E-state index in [-0.39, 0.29) is 6.03 Å². The Labute approximate surface area is 107 Å². The Hall–Kier alpha value is -2.17. The van der Waals surface area contributed by atoms with Crippen molar-refractivity contribution in [2.75, 3.05) is 26.8 Å². The summed E-state index contributed by atoms with van der Waals surface area (Å²) in [4.78, 5) is 11.2. The maximum Gasteiger partial charge on any atom is 0.315 e. The highest BCUT2D eigenvalue weighted by Crippen LogP contribution is 2.16. The highest BCUT2D eigenvalue weighted by molar-refractivity contribution is 5.73. The van der Waals surface area contributed by atoms with E-state index in [4.69, 9.17) is 9.47 Å². The Balaban J connectivity index is 2.17. The minimum Gasteiger partial charge on any atom is -0.497 e. The van der Waals surface area contributed by atoms with Crippen LogP contribution in [0.2, 0.25) is 0 Å². The zero-order chi connectivity index (χ0) is 13.2. The van der Waals surface area contributed by atoms with Gasteiger partial charge in [0, 0.05) is 6.54 Å². The van der Waals surface area contributed by atoms with Gasteiger partial charge in [-0.1, -0.05) is 6.08 Å². The smallest absolute Gasteiger partial charge is 0.315 e. The summed E-state index contributed by atoms with van der Waals surface area (Å²) in [7, 11) is 1.61. The van der Waals surface area contributed by atoms with Crippen molar-refractivity contribution < 1.29 is 14.3 Å². The quantitative estimate of drug-likeness (QED) is 0.570. The summed E-state index contributed by atoms with van der Waals surface area (Å²) in [6.45, 7) is 4.81. The molecule has 98 valence electrons. The second kappa shape index (κ2) is 8.00. The summed E-state index contributed by atoms with van der Waals surface area (Å²) < 4.78 is 10.5. The van der Waals surface area contributed by atoms with Crippen LogP contribution in [0.5, 0.6) is 11.5 Å². The van der Waals surface area contributed by atoms with Crippen molar-refractivity contribution >= 4 is 6.03 Å². The molecule has 0 atom stereocenters. The summed E-state index contributed by atoms with van der Waals surface area (Å²) >= 11 is 0. The molecule has 5 nitrogen and oxygen atoms in total. The average Bonchev–Trinajstić information content (AvgIpc) is 2.42.